The molecule has 0 spiro atoms. The van der Waals surface area contributed by atoms with E-state index in [2.05, 4.69) is 22.1 Å². The second kappa shape index (κ2) is 6.69. The molecular formula is C14H15ClN4OS. The molecule has 2 N–H and O–H groups in total. The summed E-state index contributed by atoms with van der Waals surface area (Å²) in [6.45, 7) is 6.04. The molecule has 1 amide bonds. The van der Waals surface area contributed by atoms with Crippen LogP contribution in [0.4, 0.5) is 0 Å². The fourth-order valence-corrected chi connectivity index (χ4v) is 2.39. The number of rotatable bonds is 5. The molecule has 110 valence electrons. The van der Waals surface area contributed by atoms with Gasteiger partial charge in [-0.1, -0.05) is 29.8 Å². The zero-order chi connectivity index (χ0) is 15.4. The number of H-pyrrole nitrogens is 1. The van der Waals surface area contributed by atoms with Gasteiger partial charge in [0.2, 0.25) is 0 Å². The summed E-state index contributed by atoms with van der Waals surface area (Å²) in [5.74, 6) is 0.382. The minimum Gasteiger partial charge on any atom is -0.342 e. The summed E-state index contributed by atoms with van der Waals surface area (Å²) in [4.78, 5) is 12.2. The van der Waals surface area contributed by atoms with E-state index < -0.39 is 0 Å². The minimum absolute atomic E-state index is 0.257. The summed E-state index contributed by atoms with van der Waals surface area (Å²) in [6.07, 6.45) is 1.72. The van der Waals surface area contributed by atoms with Gasteiger partial charge in [0.15, 0.2) is 10.6 Å². The maximum atomic E-state index is 12.2. The van der Waals surface area contributed by atoms with Gasteiger partial charge in [0.1, 0.15) is 0 Å². The SMILES string of the molecule is C=CCn1c([C@H](C)NC(=O)c2ccccc2Cl)n[nH]c1=S. The highest BCUT2D eigenvalue weighted by Crippen LogP contribution is 2.17. The van der Waals surface area contributed by atoms with Gasteiger partial charge in [0, 0.05) is 6.54 Å². The molecule has 0 radical (unpaired) electrons. The van der Waals surface area contributed by atoms with E-state index in [0.29, 0.717) is 27.7 Å². The normalized spacial score (nSPS) is 11.9. The number of halogens is 1. The topological polar surface area (TPSA) is 62.7 Å². The third-order valence-electron chi connectivity index (χ3n) is 2.95. The number of hydrogen-bond donors (Lipinski definition) is 2. The molecule has 2 rings (SSSR count). The molecule has 0 bridgehead atoms. The highest BCUT2D eigenvalue weighted by atomic mass is 35.5. The van der Waals surface area contributed by atoms with Gasteiger partial charge in [0.05, 0.1) is 16.6 Å². The van der Waals surface area contributed by atoms with Gasteiger partial charge in [-0.15, -0.1) is 6.58 Å². The minimum atomic E-state index is -0.318. The average Bonchev–Trinajstić information content (AvgIpc) is 2.81. The predicted octanol–water partition coefficient (Wildman–Crippen LogP) is 3.27. The van der Waals surface area contributed by atoms with Crippen molar-refractivity contribution in [3.63, 3.8) is 0 Å². The van der Waals surface area contributed by atoms with Crippen molar-refractivity contribution >= 4 is 29.7 Å². The summed E-state index contributed by atoms with van der Waals surface area (Å²) in [5, 5.41) is 10.1. The number of amides is 1. The number of carbonyl (C=O) groups is 1. The Balaban J connectivity index is 2.20. The Morgan fingerprint density at radius 3 is 3.00 bits per heavy atom. The van der Waals surface area contributed by atoms with E-state index in [9.17, 15) is 4.79 Å². The lowest BCUT2D eigenvalue weighted by Gasteiger charge is -2.14. The Morgan fingerprint density at radius 1 is 1.62 bits per heavy atom. The number of aromatic nitrogens is 3. The summed E-state index contributed by atoms with van der Waals surface area (Å²) < 4.78 is 2.27. The lowest BCUT2D eigenvalue weighted by atomic mass is 10.2. The monoisotopic (exact) mass is 322 g/mol. The fraction of sp³-hybridized carbons (Fsp3) is 0.214. The molecule has 0 saturated carbocycles. The van der Waals surface area contributed by atoms with Gasteiger partial charge in [-0.2, -0.15) is 5.10 Å². The number of benzene rings is 1. The van der Waals surface area contributed by atoms with E-state index in [4.69, 9.17) is 23.8 Å². The van der Waals surface area contributed by atoms with E-state index in [0.717, 1.165) is 0 Å². The van der Waals surface area contributed by atoms with Gasteiger partial charge >= 0.3 is 0 Å². The highest BCUT2D eigenvalue weighted by molar-refractivity contribution is 7.71. The van der Waals surface area contributed by atoms with E-state index in [1.807, 2.05) is 6.92 Å². The molecule has 0 unspecified atom stereocenters. The molecule has 5 nitrogen and oxygen atoms in total. The van der Waals surface area contributed by atoms with Gasteiger partial charge < -0.3 is 5.32 Å². The maximum absolute atomic E-state index is 12.2. The zero-order valence-corrected chi connectivity index (χ0v) is 13.0. The van der Waals surface area contributed by atoms with Gasteiger partial charge in [-0.05, 0) is 31.3 Å². The van der Waals surface area contributed by atoms with Crippen LogP contribution in [-0.2, 0) is 6.54 Å². The smallest absolute Gasteiger partial charge is 0.253 e. The Kier molecular flexibility index (Phi) is 4.93. The van der Waals surface area contributed by atoms with E-state index >= 15 is 0 Å². The standard InChI is InChI=1S/C14H15ClN4OS/c1-3-8-19-12(17-18-14(19)21)9(2)16-13(20)10-6-4-5-7-11(10)15/h3-7,9H,1,8H2,2H3,(H,16,20)(H,18,21)/t9-/m0/s1. The van der Waals surface area contributed by atoms with Crippen molar-refractivity contribution in [2.75, 3.05) is 0 Å². The quantitative estimate of drug-likeness (QED) is 0.656. The summed E-state index contributed by atoms with van der Waals surface area (Å²) in [7, 11) is 0. The Morgan fingerprint density at radius 2 is 2.33 bits per heavy atom. The highest BCUT2D eigenvalue weighted by Gasteiger charge is 2.18. The van der Waals surface area contributed by atoms with Crippen LogP contribution in [0.5, 0.6) is 0 Å². The van der Waals surface area contributed by atoms with Crippen molar-refractivity contribution in [2.24, 2.45) is 0 Å². The summed E-state index contributed by atoms with van der Waals surface area (Å²) >= 11 is 11.2. The lowest BCUT2D eigenvalue weighted by molar-refractivity contribution is 0.0938. The molecule has 2 aromatic rings. The van der Waals surface area contributed by atoms with Crippen LogP contribution in [0.2, 0.25) is 5.02 Å². The summed E-state index contributed by atoms with van der Waals surface area (Å²) in [5.41, 5.74) is 0.426. The average molecular weight is 323 g/mol. The third kappa shape index (κ3) is 3.40. The van der Waals surface area contributed by atoms with Crippen LogP contribution in [0.3, 0.4) is 0 Å². The first-order valence-electron chi connectivity index (χ1n) is 6.36. The lowest BCUT2D eigenvalue weighted by Crippen LogP contribution is -2.29. The molecule has 1 aromatic heterocycles. The van der Waals surface area contributed by atoms with Crippen LogP contribution in [0.25, 0.3) is 0 Å². The maximum Gasteiger partial charge on any atom is 0.253 e. The number of nitrogens with zero attached hydrogens (tertiary/aromatic N) is 2. The fourth-order valence-electron chi connectivity index (χ4n) is 1.95. The molecule has 0 saturated heterocycles. The largest absolute Gasteiger partial charge is 0.342 e. The van der Waals surface area contributed by atoms with Crippen LogP contribution in [-0.4, -0.2) is 20.7 Å². The van der Waals surface area contributed by atoms with Crippen LogP contribution in [0.15, 0.2) is 36.9 Å². The van der Waals surface area contributed by atoms with Crippen LogP contribution in [0.1, 0.15) is 29.1 Å². The molecule has 1 heterocycles. The molecule has 0 aliphatic heterocycles. The van der Waals surface area contributed by atoms with Crippen molar-refractivity contribution < 1.29 is 4.79 Å². The first-order valence-corrected chi connectivity index (χ1v) is 7.14. The van der Waals surface area contributed by atoms with Gasteiger partial charge in [-0.25, -0.2) is 0 Å². The van der Waals surface area contributed by atoms with Crippen LogP contribution < -0.4 is 5.32 Å². The summed E-state index contributed by atoms with van der Waals surface area (Å²) in [6, 6.07) is 6.57. The molecular weight excluding hydrogens is 308 g/mol. The van der Waals surface area contributed by atoms with Crippen molar-refractivity contribution in [1.29, 1.82) is 0 Å². The molecule has 1 aromatic carbocycles. The number of hydrogen-bond acceptors (Lipinski definition) is 3. The van der Waals surface area contributed by atoms with Gasteiger partial charge in [-0.3, -0.25) is 14.5 Å². The Hall–Kier alpha value is -1.92. The van der Waals surface area contributed by atoms with Gasteiger partial charge in [0.25, 0.3) is 5.91 Å². The molecule has 0 aliphatic carbocycles. The van der Waals surface area contributed by atoms with E-state index in [-0.39, 0.29) is 11.9 Å². The second-order valence-corrected chi connectivity index (χ2v) is 5.26. The molecule has 7 heteroatoms. The van der Waals surface area contributed by atoms with Crippen LogP contribution >= 0.6 is 23.8 Å². The number of carbonyl (C=O) groups excluding carboxylic acids is 1. The number of nitrogens with one attached hydrogen (secondary N) is 2. The Labute approximate surface area is 132 Å². The zero-order valence-electron chi connectivity index (χ0n) is 11.5. The number of allylic oxidation sites excluding steroid dienone is 1. The van der Waals surface area contributed by atoms with E-state index in [1.165, 1.54) is 0 Å². The third-order valence-corrected chi connectivity index (χ3v) is 3.59. The second-order valence-electron chi connectivity index (χ2n) is 4.46. The molecule has 0 aliphatic rings. The van der Waals surface area contributed by atoms with Crippen molar-refractivity contribution in [3.05, 3.63) is 58.1 Å². The molecule has 0 fully saturated rings. The Bertz CT molecular complexity index is 722. The van der Waals surface area contributed by atoms with Crippen molar-refractivity contribution in [3.8, 4) is 0 Å². The molecule has 1 atom stereocenters. The van der Waals surface area contributed by atoms with E-state index in [1.54, 1.807) is 34.9 Å². The first kappa shape index (κ1) is 15.5. The van der Waals surface area contributed by atoms with Crippen molar-refractivity contribution in [1.82, 2.24) is 20.1 Å². The first-order chi connectivity index (χ1) is 10.0. The van der Waals surface area contributed by atoms with Crippen LogP contribution in [0, 0.1) is 4.77 Å². The van der Waals surface area contributed by atoms with Crippen molar-refractivity contribution in [2.45, 2.75) is 19.5 Å². The number of aromatic amines is 1. The molecule has 21 heavy (non-hydrogen) atoms. The predicted molar refractivity (Wildman–Crippen MR) is 84.9 cm³/mol.